The highest BCUT2D eigenvalue weighted by Gasteiger charge is 2.58. The number of rotatable bonds is 6. The van der Waals surface area contributed by atoms with E-state index in [-0.39, 0.29) is 36.4 Å². The van der Waals surface area contributed by atoms with Crippen LogP contribution in [0.2, 0.25) is 0 Å². The van der Waals surface area contributed by atoms with Gasteiger partial charge in [0, 0.05) is 6.42 Å². The zero-order valence-electron chi connectivity index (χ0n) is 12.4. The maximum atomic E-state index is 14.6. The smallest absolute Gasteiger partial charge is 0.357 e. The molecule has 6 nitrogen and oxygen atoms in total. The van der Waals surface area contributed by atoms with Gasteiger partial charge in [-0.15, -0.1) is 4.33 Å². The van der Waals surface area contributed by atoms with Gasteiger partial charge in [0.15, 0.2) is 0 Å². The highest BCUT2D eigenvalue weighted by molar-refractivity contribution is 7.96. The van der Waals surface area contributed by atoms with E-state index in [2.05, 4.69) is 9.37 Å². The molecule has 3 atom stereocenters. The van der Waals surface area contributed by atoms with Crippen LogP contribution in [-0.4, -0.2) is 33.0 Å². The molecule has 0 spiro atoms. The first-order valence-electron chi connectivity index (χ1n) is 7.68. The lowest BCUT2D eigenvalue weighted by Gasteiger charge is -2.57. The second kappa shape index (κ2) is 5.90. The van der Waals surface area contributed by atoms with Crippen molar-refractivity contribution in [2.75, 3.05) is 0 Å². The van der Waals surface area contributed by atoms with Gasteiger partial charge in [-0.25, -0.2) is 14.4 Å². The minimum atomic E-state index is -2.43. The number of halogens is 1. The Morgan fingerprint density at radius 1 is 1.36 bits per heavy atom. The van der Waals surface area contributed by atoms with Gasteiger partial charge in [-0.3, -0.25) is 0 Å². The van der Waals surface area contributed by atoms with Crippen LogP contribution in [-0.2, 0) is 18.9 Å². The van der Waals surface area contributed by atoms with Gasteiger partial charge in [0.05, 0.1) is 18.1 Å². The lowest BCUT2D eigenvalue weighted by atomic mass is 9.53. The average Bonchev–Trinajstić information content (AvgIpc) is 2.48. The summed E-state index contributed by atoms with van der Waals surface area (Å²) in [6, 6.07) is 0. The van der Waals surface area contributed by atoms with Gasteiger partial charge >= 0.3 is 5.97 Å². The zero-order chi connectivity index (χ0) is 16.0. The highest BCUT2D eigenvalue weighted by Crippen LogP contribution is 2.57. The molecule has 0 aliphatic heterocycles. The second-order valence-corrected chi connectivity index (χ2v) is 7.79. The van der Waals surface area contributed by atoms with Crippen molar-refractivity contribution in [1.29, 1.82) is 0 Å². The molecule has 4 saturated carbocycles. The quantitative estimate of drug-likeness (QED) is 0.334. The van der Waals surface area contributed by atoms with E-state index < -0.39 is 16.6 Å². The van der Waals surface area contributed by atoms with Crippen molar-refractivity contribution >= 4 is 18.0 Å². The van der Waals surface area contributed by atoms with E-state index in [1.165, 1.54) is 6.92 Å². The van der Waals surface area contributed by atoms with E-state index in [0.29, 0.717) is 18.8 Å². The second-order valence-electron chi connectivity index (χ2n) is 6.84. The van der Waals surface area contributed by atoms with Gasteiger partial charge in [-0.05, 0) is 49.9 Å². The van der Waals surface area contributed by atoms with Crippen LogP contribution in [0, 0.1) is 17.8 Å². The van der Waals surface area contributed by atoms with E-state index >= 15 is 0 Å². The average molecular weight is 336 g/mol. The Balaban J connectivity index is 1.71. The zero-order valence-corrected chi connectivity index (χ0v) is 13.2. The standard InChI is InChI=1S/C14H21FO6S/c1-2-14(15,22-21-20-18)12(17)19-13-5-8-3-9(6-13)11(16)10(4-8)7-13/h8-11,16,18H,2-7H2,1H3. The van der Waals surface area contributed by atoms with Crippen molar-refractivity contribution in [3.8, 4) is 0 Å². The molecule has 4 fully saturated rings. The highest BCUT2D eigenvalue weighted by atomic mass is 32.2. The Morgan fingerprint density at radius 2 is 2.00 bits per heavy atom. The summed E-state index contributed by atoms with van der Waals surface area (Å²) in [5.41, 5.74) is -0.667. The normalized spacial score (nSPS) is 42.2. The third-order valence-electron chi connectivity index (χ3n) is 5.43. The van der Waals surface area contributed by atoms with Gasteiger partial charge < -0.3 is 9.84 Å². The van der Waals surface area contributed by atoms with Crippen molar-refractivity contribution in [3.05, 3.63) is 0 Å². The molecule has 0 aromatic heterocycles. The fourth-order valence-electron chi connectivity index (χ4n) is 4.63. The molecule has 8 heteroatoms. The molecule has 0 radical (unpaired) electrons. The van der Waals surface area contributed by atoms with Crippen molar-refractivity contribution < 1.29 is 33.7 Å². The number of carbonyl (C=O) groups is 1. The Kier molecular flexibility index (Phi) is 4.41. The van der Waals surface area contributed by atoms with Crippen LogP contribution >= 0.6 is 12.0 Å². The minimum Gasteiger partial charge on any atom is -0.456 e. The first-order valence-corrected chi connectivity index (χ1v) is 8.42. The van der Waals surface area contributed by atoms with Gasteiger partial charge in [0.1, 0.15) is 5.60 Å². The van der Waals surface area contributed by atoms with Crippen LogP contribution in [0.3, 0.4) is 0 Å². The molecule has 4 aliphatic carbocycles. The number of aliphatic hydroxyl groups excluding tert-OH is 1. The van der Waals surface area contributed by atoms with Crippen LogP contribution in [0.15, 0.2) is 0 Å². The molecule has 4 bridgehead atoms. The van der Waals surface area contributed by atoms with Crippen LogP contribution in [0.1, 0.15) is 45.4 Å². The molecule has 0 aromatic carbocycles. The van der Waals surface area contributed by atoms with Crippen LogP contribution < -0.4 is 0 Å². The largest absolute Gasteiger partial charge is 0.456 e. The summed E-state index contributed by atoms with van der Waals surface area (Å²) >= 11 is 0.0983. The summed E-state index contributed by atoms with van der Waals surface area (Å²) < 4.78 is 24.3. The number of carbonyl (C=O) groups excluding carboxylic acids is 1. The Labute approximate surface area is 132 Å². The maximum absolute atomic E-state index is 14.6. The summed E-state index contributed by atoms with van der Waals surface area (Å²) in [6.45, 7) is 1.48. The van der Waals surface area contributed by atoms with Crippen LogP contribution in [0.4, 0.5) is 4.39 Å². The third-order valence-corrected chi connectivity index (χ3v) is 6.28. The van der Waals surface area contributed by atoms with Crippen molar-refractivity contribution in [2.24, 2.45) is 17.8 Å². The fraction of sp³-hybridized carbons (Fsp3) is 0.929. The maximum Gasteiger partial charge on any atom is 0.357 e. The van der Waals surface area contributed by atoms with Crippen LogP contribution in [0.25, 0.3) is 0 Å². The molecule has 0 heterocycles. The number of alkyl halides is 1. The number of hydrogen-bond donors (Lipinski definition) is 2. The van der Waals surface area contributed by atoms with Gasteiger partial charge in [-0.1, -0.05) is 12.0 Å². The number of hydrogen-bond acceptors (Lipinski definition) is 7. The summed E-state index contributed by atoms with van der Waals surface area (Å²) in [6.07, 6.45) is 3.34. The summed E-state index contributed by atoms with van der Waals surface area (Å²) in [5.74, 6) is -0.291. The first kappa shape index (κ1) is 16.4. The Bertz CT molecular complexity index is 433. The first-order chi connectivity index (χ1) is 10.4. The monoisotopic (exact) mass is 336 g/mol. The fourth-order valence-corrected chi connectivity index (χ4v) is 4.99. The molecule has 3 unspecified atom stereocenters. The number of aliphatic hydroxyl groups is 1. The van der Waals surface area contributed by atoms with E-state index in [9.17, 15) is 14.3 Å². The molecule has 22 heavy (non-hydrogen) atoms. The molecule has 0 amide bonds. The lowest BCUT2D eigenvalue weighted by Crippen LogP contribution is -2.59. The SMILES string of the molecule is CCC(F)(SOOO)C(=O)OC12CC3CC(C1)C(O)C(C3)C2. The number of esters is 1. The summed E-state index contributed by atoms with van der Waals surface area (Å²) in [5, 5.41) is 19.3. The number of ether oxygens (including phenoxy) is 1. The van der Waals surface area contributed by atoms with Gasteiger partial charge in [0.25, 0.3) is 5.00 Å². The molecule has 0 aromatic rings. The molecular weight excluding hydrogens is 315 g/mol. The predicted octanol–water partition coefficient (Wildman–Crippen LogP) is 2.61. The van der Waals surface area contributed by atoms with E-state index in [4.69, 9.17) is 9.99 Å². The summed E-state index contributed by atoms with van der Waals surface area (Å²) in [4.78, 5) is 12.3. The van der Waals surface area contributed by atoms with E-state index in [0.717, 1.165) is 19.3 Å². The molecule has 4 aliphatic rings. The Morgan fingerprint density at radius 3 is 2.55 bits per heavy atom. The predicted molar refractivity (Wildman–Crippen MR) is 74.9 cm³/mol. The topological polar surface area (TPSA) is 85.2 Å². The minimum absolute atomic E-state index is 0.0983. The van der Waals surface area contributed by atoms with E-state index in [1.54, 1.807) is 0 Å². The third kappa shape index (κ3) is 2.75. The van der Waals surface area contributed by atoms with E-state index in [1.807, 2.05) is 0 Å². The molecular formula is C14H21FO6S. The van der Waals surface area contributed by atoms with Gasteiger partial charge in [-0.2, -0.15) is 0 Å². The van der Waals surface area contributed by atoms with Crippen molar-refractivity contribution in [1.82, 2.24) is 0 Å². The van der Waals surface area contributed by atoms with Crippen molar-refractivity contribution in [2.45, 2.75) is 62.2 Å². The van der Waals surface area contributed by atoms with Gasteiger partial charge in [0.2, 0.25) is 0 Å². The molecule has 4 rings (SSSR count). The summed E-state index contributed by atoms with van der Waals surface area (Å²) in [7, 11) is 0. The van der Waals surface area contributed by atoms with Crippen LogP contribution in [0.5, 0.6) is 0 Å². The van der Waals surface area contributed by atoms with Crippen molar-refractivity contribution in [3.63, 3.8) is 0 Å². The lowest BCUT2D eigenvalue weighted by molar-refractivity contribution is -0.432. The molecule has 0 saturated heterocycles. The Hall–Kier alpha value is -0.410. The molecule has 126 valence electrons. The molecule has 2 N–H and O–H groups in total.